The van der Waals surface area contributed by atoms with Gasteiger partial charge in [-0.2, -0.15) is 0 Å². The molecule has 0 spiro atoms. The Bertz CT molecular complexity index is 619. The number of benzene rings is 2. The number of aryl methyl sites for hydroxylation is 2. The molecular formula is C19H25NO. The quantitative estimate of drug-likeness (QED) is 0.882. The predicted octanol–water partition coefficient (Wildman–Crippen LogP) is 4.32. The first-order valence-electron chi connectivity index (χ1n) is 7.53. The fourth-order valence-corrected chi connectivity index (χ4v) is 2.81. The maximum Gasteiger partial charge on any atom is 0.127 e. The molecule has 2 heteroatoms. The summed E-state index contributed by atoms with van der Waals surface area (Å²) in [5.74, 6) is 0.990. The zero-order valence-corrected chi connectivity index (χ0v) is 13.7. The number of rotatable bonds is 5. The monoisotopic (exact) mass is 283 g/mol. The summed E-state index contributed by atoms with van der Waals surface area (Å²) in [5.41, 5.74) is 6.28. The average Bonchev–Trinajstić information content (AvgIpc) is 2.48. The van der Waals surface area contributed by atoms with Crippen molar-refractivity contribution < 1.29 is 4.74 Å². The Morgan fingerprint density at radius 1 is 0.952 bits per heavy atom. The second-order valence-electron chi connectivity index (χ2n) is 5.48. The van der Waals surface area contributed by atoms with Crippen LogP contribution in [0.1, 0.15) is 40.8 Å². The van der Waals surface area contributed by atoms with Gasteiger partial charge in [0, 0.05) is 5.56 Å². The highest BCUT2D eigenvalue weighted by Gasteiger charge is 2.20. The zero-order chi connectivity index (χ0) is 15.4. The van der Waals surface area contributed by atoms with E-state index in [1.54, 1.807) is 7.11 Å². The fraction of sp³-hybridized carbons (Fsp3) is 0.368. The van der Waals surface area contributed by atoms with Crippen LogP contribution >= 0.6 is 0 Å². The molecule has 0 saturated heterocycles. The number of hydrogen-bond acceptors (Lipinski definition) is 2. The lowest BCUT2D eigenvalue weighted by Gasteiger charge is -2.24. The van der Waals surface area contributed by atoms with Crippen molar-refractivity contribution in [3.8, 4) is 5.75 Å². The van der Waals surface area contributed by atoms with Gasteiger partial charge < -0.3 is 10.1 Å². The molecule has 0 aliphatic rings. The van der Waals surface area contributed by atoms with Crippen LogP contribution in [0.2, 0.25) is 0 Å². The highest BCUT2D eigenvalue weighted by molar-refractivity contribution is 5.50. The highest BCUT2D eigenvalue weighted by atomic mass is 16.5. The number of methoxy groups -OCH3 is 1. The van der Waals surface area contributed by atoms with Crippen molar-refractivity contribution in [2.75, 3.05) is 13.7 Å². The van der Waals surface area contributed by atoms with Crippen molar-refractivity contribution in [2.24, 2.45) is 0 Å². The number of ether oxygens (including phenoxy) is 1. The van der Waals surface area contributed by atoms with Gasteiger partial charge in [-0.1, -0.05) is 43.3 Å². The summed E-state index contributed by atoms with van der Waals surface area (Å²) in [6.45, 7) is 9.46. The summed E-state index contributed by atoms with van der Waals surface area (Å²) < 4.78 is 5.71. The summed E-state index contributed by atoms with van der Waals surface area (Å²) in [6, 6.07) is 13.0. The normalized spacial score (nSPS) is 12.2. The first kappa shape index (κ1) is 15.6. The third-order valence-electron chi connectivity index (χ3n) is 4.13. The van der Waals surface area contributed by atoms with Gasteiger partial charge in [0.1, 0.15) is 5.75 Å². The molecular weight excluding hydrogens is 258 g/mol. The molecule has 0 fully saturated rings. The van der Waals surface area contributed by atoms with Crippen LogP contribution in [0.3, 0.4) is 0 Å². The molecule has 0 aliphatic carbocycles. The van der Waals surface area contributed by atoms with Gasteiger partial charge in [-0.15, -0.1) is 0 Å². The molecule has 1 atom stereocenters. The van der Waals surface area contributed by atoms with Crippen LogP contribution in [0, 0.1) is 20.8 Å². The van der Waals surface area contributed by atoms with Crippen LogP contribution in [0.15, 0.2) is 36.4 Å². The van der Waals surface area contributed by atoms with E-state index < -0.39 is 0 Å². The largest absolute Gasteiger partial charge is 0.496 e. The van der Waals surface area contributed by atoms with E-state index in [2.05, 4.69) is 69.4 Å². The minimum Gasteiger partial charge on any atom is -0.496 e. The van der Waals surface area contributed by atoms with E-state index in [0.717, 1.165) is 12.3 Å². The van der Waals surface area contributed by atoms with Crippen molar-refractivity contribution in [3.05, 3.63) is 64.2 Å². The lowest BCUT2D eigenvalue weighted by atomic mass is 9.92. The molecule has 2 aromatic rings. The summed E-state index contributed by atoms with van der Waals surface area (Å²) >= 11 is 0. The van der Waals surface area contributed by atoms with Crippen LogP contribution in [-0.2, 0) is 0 Å². The van der Waals surface area contributed by atoms with Gasteiger partial charge in [0.2, 0.25) is 0 Å². The molecule has 21 heavy (non-hydrogen) atoms. The lowest BCUT2D eigenvalue weighted by Crippen LogP contribution is -2.23. The van der Waals surface area contributed by atoms with Crippen LogP contribution in [-0.4, -0.2) is 13.7 Å². The van der Waals surface area contributed by atoms with E-state index in [-0.39, 0.29) is 6.04 Å². The summed E-state index contributed by atoms with van der Waals surface area (Å²) in [6.07, 6.45) is 0. The molecule has 1 unspecified atom stereocenters. The Morgan fingerprint density at radius 2 is 1.67 bits per heavy atom. The molecule has 2 nitrogen and oxygen atoms in total. The third-order valence-corrected chi connectivity index (χ3v) is 4.13. The Labute approximate surface area is 128 Å². The minimum absolute atomic E-state index is 0.158. The maximum absolute atomic E-state index is 5.71. The Hall–Kier alpha value is -1.80. The van der Waals surface area contributed by atoms with Crippen molar-refractivity contribution in [2.45, 2.75) is 33.7 Å². The van der Waals surface area contributed by atoms with Gasteiger partial charge in [-0.05, 0) is 49.6 Å². The topological polar surface area (TPSA) is 21.3 Å². The van der Waals surface area contributed by atoms with Crippen LogP contribution in [0.25, 0.3) is 0 Å². The van der Waals surface area contributed by atoms with E-state index in [1.165, 1.54) is 27.8 Å². The Balaban J connectivity index is 2.59. The number of hydrogen-bond donors (Lipinski definition) is 1. The van der Waals surface area contributed by atoms with Crippen LogP contribution < -0.4 is 10.1 Å². The average molecular weight is 283 g/mol. The van der Waals surface area contributed by atoms with E-state index in [1.807, 2.05) is 0 Å². The maximum atomic E-state index is 5.71. The Kier molecular flexibility index (Phi) is 5.03. The van der Waals surface area contributed by atoms with Gasteiger partial charge >= 0.3 is 0 Å². The van der Waals surface area contributed by atoms with Crippen molar-refractivity contribution >= 4 is 0 Å². The summed E-state index contributed by atoms with van der Waals surface area (Å²) in [4.78, 5) is 0. The molecule has 0 aromatic heterocycles. The first-order valence-corrected chi connectivity index (χ1v) is 7.53. The summed E-state index contributed by atoms with van der Waals surface area (Å²) in [5, 5.41) is 3.60. The standard InChI is InChI=1S/C19H25NO/c1-6-20-18(16-10-8-7-9-14(16)3)17-12-11-13(2)15(4)19(17)21-5/h7-12,18,20H,6H2,1-5H3. The molecule has 2 aromatic carbocycles. The fourth-order valence-electron chi connectivity index (χ4n) is 2.81. The van der Waals surface area contributed by atoms with Crippen molar-refractivity contribution in [1.82, 2.24) is 5.32 Å². The highest BCUT2D eigenvalue weighted by Crippen LogP contribution is 2.35. The lowest BCUT2D eigenvalue weighted by molar-refractivity contribution is 0.400. The smallest absolute Gasteiger partial charge is 0.127 e. The van der Waals surface area contributed by atoms with Crippen molar-refractivity contribution in [1.29, 1.82) is 0 Å². The number of nitrogens with one attached hydrogen (secondary N) is 1. The molecule has 112 valence electrons. The van der Waals surface area contributed by atoms with E-state index >= 15 is 0 Å². The van der Waals surface area contributed by atoms with Crippen molar-refractivity contribution in [3.63, 3.8) is 0 Å². The van der Waals surface area contributed by atoms with Crippen LogP contribution in [0.4, 0.5) is 0 Å². The van der Waals surface area contributed by atoms with Gasteiger partial charge in [0.05, 0.1) is 13.2 Å². The van der Waals surface area contributed by atoms with Gasteiger partial charge in [0.15, 0.2) is 0 Å². The molecule has 0 aliphatic heterocycles. The predicted molar refractivity (Wildman–Crippen MR) is 89.2 cm³/mol. The molecule has 0 amide bonds. The molecule has 2 rings (SSSR count). The van der Waals surface area contributed by atoms with Crippen LogP contribution in [0.5, 0.6) is 5.75 Å². The first-order chi connectivity index (χ1) is 10.1. The molecule has 0 saturated carbocycles. The van der Waals surface area contributed by atoms with E-state index in [4.69, 9.17) is 4.74 Å². The third kappa shape index (κ3) is 3.11. The second-order valence-corrected chi connectivity index (χ2v) is 5.48. The summed E-state index contributed by atoms with van der Waals surface area (Å²) in [7, 11) is 1.76. The van der Waals surface area contributed by atoms with Gasteiger partial charge in [-0.3, -0.25) is 0 Å². The Morgan fingerprint density at radius 3 is 2.29 bits per heavy atom. The molecule has 0 heterocycles. The molecule has 0 bridgehead atoms. The second kappa shape index (κ2) is 6.77. The molecule has 1 N–H and O–H groups in total. The van der Waals surface area contributed by atoms with Gasteiger partial charge in [0.25, 0.3) is 0 Å². The van der Waals surface area contributed by atoms with E-state index in [0.29, 0.717) is 0 Å². The minimum atomic E-state index is 0.158. The SMILES string of the molecule is CCNC(c1ccccc1C)c1ccc(C)c(C)c1OC. The molecule has 0 radical (unpaired) electrons. The van der Waals surface area contributed by atoms with Gasteiger partial charge in [-0.25, -0.2) is 0 Å². The van der Waals surface area contributed by atoms with E-state index in [9.17, 15) is 0 Å². The zero-order valence-electron chi connectivity index (χ0n) is 13.7.